The van der Waals surface area contributed by atoms with E-state index >= 15 is 0 Å². The van der Waals surface area contributed by atoms with E-state index in [1.54, 1.807) is 0 Å². The molecule has 84 valence electrons. The van der Waals surface area contributed by atoms with Gasteiger partial charge >= 0.3 is 0 Å². The van der Waals surface area contributed by atoms with Crippen molar-refractivity contribution in [2.75, 3.05) is 16.8 Å². The fourth-order valence-electron chi connectivity index (χ4n) is 2.16. The van der Waals surface area contributed by atoms with Gasteiger partial charge in [0, 0.05) is 17.1 Å². The van der Waals surface area contributed by atoms with Gasteiger partial charge in [-0.05, 0) is 36.5 Å². The largest absolute Gasteiger partial charge is 0.382 e. The summed E-state index contributed by atoms with van der Waals surface area (Å²) < 4.78 is 0. The highest BCUT2D eigenvalue weighted by atomic mass is 32.2. The molecule has 1 aromatic carbocycles. The number of aromatic amines is 1. The highest BCUT2D eigenvalue weighted by Gasteiger charge is 2.14. The maximum Gasteiger partial charge on any atom is 0.0671 e. The summed E-state index contributed by atoms with van der Waals surface area (Å²) in [6.45, 7) is 0. The van der Waals surface area contributed by atoms with E-state index in [0.29, 0.717) is 6.04 Å². The van der Waals surface area contributed by atoms with Crippen molar-refractivity contribution in [3.05, 3.63) is 24.4 Å². The van der Waals surface area contributed by atoms with Gasteiger partial charge in [-0.15, -0.1) is 0 Å². The number of fused-ring (bicyclic) bond motifs is 1. The van der Waals surface area contributed by atoms with Gasteiger partial charge in [-0.1, -0.05) is 6.07 Å². The fraction of sp³-hybridized carbons (Fsp3) is 0.417. The van der Waals surface area contributed by atoms with Crippen LogP contribution in [0.5, 0.6) is 0 Å². The quantitative estimate of drug-likeness (QED) is 0.838. The number of nitrogens with zero attached hydrogens (tertiary/aromatic N) is 1. The molecule has 0 spiro atoms. The van der Waals surface area contributed by atoms with Crippen molar-refractivity contribution < 1.29 is 0 Å². The van der Waals surface area contributed by atoms with Crippen LogP contribution >= 0.6 is 11.8 Å². The lowest BCUT2D eigenvalue weighted by Crippen LogP contribution is -2.24. The van der Waals surface area contributed by atoms with Crippen molar-refractivity contribution in [3.8, 4) is 0 Å². The number of anilines is 1. The van der Waals surface area contributed by atoms with E-state index in [1.165, 1.54) is 35.4 Å². The third-order valence-electron chi connectivity index (χ3n) is 3.07. The summed E-state index contributed by atoms with van der Waals surface area (Å²) in [4.78, 5) is 0. The van der Waals surface area contributed by atoms with Crippen LogP contribution < -0.4 is 5.32 Å². The Kier molecular flexibility index (Phi) is 2.74. The zero-order chi connectivity index (χ0) is 10.8. The van der Waals surface area contributed by atoms with Crippen LogP contribution in [0.25, 0.3) is 10.9 Å². The van der Waals surface area contributed by atoms with Crippen molar-refractivity contribution in [1.82, 2.24) is 10.2 Å². The van der Waals surface area contributed by atoms with Gasteiger partial charge in [-0.25, -0.2) is 0 Å². The number of thioether (sulfide) groups is 1. The highest BCUT2D eigenvalue weighted by Crippen LogP contribution is 2.25. The molecule has 2 N–H and O–H groups in total. The monoisotopic (exact) mass is 233 g/mol. The molecule has 2 heterocycles. The molecule has 1 aromatic heterocycles. The van der Waals surface area contributed by atoms with Crippen molar-refractivity contribution in [2.45, 2.75) is 18.9 Å². The summed E-state index contributed by atoms with van der Waals surface area (Å²) >= 11 is 2.06. The van der Waals surface area contributed by atoms with Crippen LogP contribution in [0, 0.1) is 0 Å². The molecule has 16 heavy (non-hydrogen) atoms. The minimum absolute atomic E-state index is 0.627. The van der Waals surface area contributed by atoms with E-state index in [1.807, 2.05) is 6.20 Å². The third kappa shape index (κ3) is 1.89. The van der Waals surface area contributed by atoms with Gasteiger partial charge in [0.1, 0.15) is 0 Å². The molecule has 1 aliphatic heterocycles. The molecule has 0 saturated carbocycles. The summed E-state index contributed by atoms with van der Waals surface area (Å²) in [5.74, 6) is 2.55. The van der Waals surface area contributed by atoms with Crippen LogP contribution in [0.15, 0.2) is 24.4 Å². The van der Waals surface area contributed by atoms with Gasteiger partial charge in [0.05, 0.1) is 11.7 Å². The van der Waals surface area contributed by atoms with Crippen LogP contribution in [0.2, 0.25) is 0 Å². The summed E-state index contributed by atoms with van der Waals surface area (Å²) in [5, 5.41) is 11.9. The maximum absolute atomic E-state index is 4.09. The Morgan fingerprint density at radius 3 is 3.06 bits per heavy atom. The first-order chi connectivity index (χ1) is 7.93. The summed E-state index contributed by atoms with van der Waals surface area (Å²) in [6, 6.07) is 6.89. The van der Waals surface area contributed by atoms with Gasteiger partial charge in [0.25, 0.3) is 0 Å². The van der Waals surface area contributed by atoms with Crippen molar-refractivity contribution in [1.29, 1.82) is 0 Å². The zero-order valence-electron chi connectivity index (χ0n) is 9.07. The minimum Gasteiger partial charge on any atom is -0.382 e. The van der Waals surface area contributed by atoms with Gasteiger partial charge in [-0.2, -0.15) is 16.9 Å². The van der Waals surface area contributed by atoms with E-state index < -0.39 is 0 Å². The minimum atomic E-state index is 0.627. The molecule has 4 heteroatoms. The Bertz CT molecular complexity index is 474. The molecule has 1 aliphatic rings. The number of hydrogen-bond acceptors (Lipinski definition) is 3. The van der Waals surface area contributed by atoms with Crippen molar-refractivity contribution >= 4 is 28.4 Å². The van der Waals surface area contributed by atoms with Crippen LogP contribution in [-0.4, -0.2) is 27.7 Å². The van der Waals surface area contributed by atoms with E-state index in [0.717, 1.165) is 5.52 Å². The number of nitrogens with one attached hydrogen (secondary N) is 2. The predicted octanol–water partition coefficient (Wildman–Crippen LogP) is 2.87. The number of H-pyrrole nitrogens is 1. The lowest BCUT2D eigenvalue weighted by molar-refractivity contribution is 0.667. The number of rotatable bonds is 2. The fourth-order valence-corrected chi connectivity index (χ4v) is 3.26. The molecule has 2 aromatic rings. The van der Waals surface area contributed by atoms with E-state index in [4.69, 9.17) is 0 Å². The van der Waals surface area contributed by atoms with Crippen LogP contribution in [0.1, 0.15) is 12.8 Å². The molecule has 0 atom stereocenters. The maximum atomic E-state index is 4.09. The summed E-state index contributed by atoms with van der Waals surface area (Å²) in [6.07, 6.45) is 4.42. The zero-order valence-corrected chi connectivity index (χ0v) is 9.89. The van der Waals surface area contributed by atoms with E-state index in [-0.39, 0.29) is 0 Å². The Morgan fingerprint density at radius 1 is 1.31 bits per heavy atom. The average molecular weight is 233 g/mol. The lowest BCUT2D eigenvalue weighted by Gasteiger charge is -2.23. The van der Waals surface area contributed by atoms with Crippen LogP contribution in [-0.2, 0) is 0 Å². The SMILES string of the molecule is c1cc(NC2CCSCC2)c2cn[nH]c2c1. The van der Waals surface area contributed by atoms with Crippen LogP contribution in [0.3, 0.4) is 0 Å². The van der Waals surface area contributed by atoms with Crippen molar-refractivity contribution in [2.24, 2.45) is 0 Å². The molecule has 0 unspecified atom stereocenters. The predicted molar refractivity (Wildman–Crippen MR) is 70.1 cm³/mol. The Morgan fingerprint density at radius 2 is 2.19 bits per heavy atom. The lowest BCUT2D eigenvalue weighted by atomic mass is 10.1. The molecule has 0 amide bonds. The molecular weight excluding hydrogens is 218 g/mol. The number of aromatic nitrogens is 2. The Labute approximate surface area is 99.0 Å². The number of hydrogen-bond donors (Lipinski definition) is 2. The molecule has 0 radical (unpaired) electrons. The molecular formula is C12H15N3S. The first-order valence-corrected chi connectivity index (χ1v) is 6.85. The summed E-state index contributed by atoms with van der Waals surface area (Å²) in [5.41, 5.74) is 2.32. The van der Waals surface area contributed by atoms with Crippen LogP contribution in [0.4, 0.5) is 5.69 Å². The first kappa shape index (κ1) is 10.0. The molecule has 1 saturated heterocycles. The number of benzene rings is 1. The first-order valence-electron chi connectivity index (χ1n) is 5.70. The Hall–Kier alpha value is -1.16. The molecule has 1 fully saturated rings. The topological polar surface area (TPSA) is 40.7 Å². The second-order valence-corrected chi connectivity index (χ2v) is 5.39. The molecule has 0 bridgehead atoms. The standard InChI is InChI=1S/C12H15N3S/c1-2-11(10-8-13-15-12(10)3-1)14-9-4-6-16-7-5-9/h1-3,8-9,14H,4-7H2,(H,13,15). The third-order valence-corrected chi connectivity index (χ3v) is 4.11. The van der Waals surface area contributed by atoms with E-state index in [9.17, 15) is 0 Å². The molecule has 3 rings (SSSR count). The normalized spacial score (nSPS) is 17.8. The smallest absolute Gasteiger partial charge is 0.0671 e. The van der Waals surface area contributed by atoms with Gasteiger partial charge in [-0.3, -0.25) is 5.10 Å². The highest BCUT2D eigenvalue weighted by molar-refractivity contribution is 7.99. The summed E-state index contributed by atoms with van der Waals surface area (Å²) in [7, 11) is 0. The Balaban J connectivity index is 1.85. The average Bonchev–Trinajstić information content (AvgIpc) is 2.80. The molecule has 0 aliphatic carbocycles. The van der Waals surface area contributed by atoms with Gasteiger partial charge in [0.2, 0.25) is 0 Å². The van der Waals surface area contributed by atoms with E-state index in [2.05, 4.69) is 45.5 Å². The van der Waals surface area contributed by atoms with Crippen molar-refractivity contribution in [3.63, 3.8) is 0 Å². The molecule has 3 nitrogen and oxygen atoms in total. The second kappa shape index (κ2) is 4.37. The second-order valence-electron chi connectivity index (χ2n) is 4.17. The van der Waals surface area contributed by atoms with Gasteiger partial charge in [0.15, 0.2) is 0 Å². The van der Waals surface area contributed by atoms with Gasteiger partial charge < -0.3 is 5.32 Å².